The van der Waals surface area contributed by atoms with Gasteiger partial charge in [-0.2, -0.15) is 5.10 Å². The Labute approximate surface area is 183 Å². The second-order valence-corrected chi connectivity index (χ2v) is 9.85. The SMILES string of the molecule is Cc1nn(C)c2nc(C3CC3)cc(C(=O)N3CCC(C(=O)N4CCC(C)CC4)CC3)c12. The summed E-state index contributed by atoms with van der Waals surface area (Å²) in [6.07, 6.45) is 6.01. The Bertz CT molecular complexity index is 1010. The van der Waals surface area contributed by atoms with Crippen LogP contribution in [0.4, 0.5) is 0 Å². The van der Waals surface area contributed by atoms with Gasteiger partial charge in [0.1, 0.15) is 0 Å². The first-order valence-electron chi connectivity index (χ1n) is 11.8. The lowest BCUT2D eigenvalue weighted by Gasteiger charge is -2.36. The molecule has 0 N–H and O–H groups in total. The lowest BCUT2D eigenvalue weighted by atomic mass is 9.92. The number of likely N-dealkylation sites (tertiary alicyclic amines) is 2. The van der Waals surface area contributed by atoms with E-state index in [0.717, 1.165) is 85.5 Å². The van der Waals surface area contributed by atoms with Crippen molar-refractivity contribution < 1.29 is 9.59 Å². The van der Waals surface area contributed by atoms with Gasteiger partial charge in [0.05, 0.1) is 16.6 Å². The monoisotopic (exact) mass is 423 g/mol. The van der Waals surface area contributed by atoms with Crippen molar-refractivity contribution in [1.82, 2.24) is 24.6 Å². The molecular weight excluding hydrogens is 390 g/mol. The quantitative estimate of drug-likeness (QED) is 0.760. The van der Waals surface area contributed by atoms with Crippen LogP contribution < -0.4 is 0 Å². The summed E-state index contributed by atoms with van der Waals surface area (Å²) in [5, 5.41) is 5.40. The molecule has 7 heteroatoms. The van der Waals surface area contributed by atoms with E-state index >= 15 is 0 Å². The molecule has 2 aromatic heterocycles. The maximum atomic E-state index is 13.6. The first-order valence-corrected chi connectivity index (χ1v) is 11.8. The fourth-order valence-electron chi connectivity index (χ4n) is 5.21. The molecule has 3 aliphatic rings. The Kier molecular flexibility index (Phi) is 5.22. The minimum absolute atomic E-state index is 0.0528. The summed E-state index contributed by atoms with van der Waals surface area (Å²) < 4.78 is 1.79. The van der Waals surface area contributed by atoms with Gasteiger partial charge in [0.15, 0.2) is 5.65 Å². The standard InChI is InChI=1S/C24H33N5O2/c1-15-6-10-28(11-7-15)23(30)18-8-12-29(13-9-18)24(31)19-14-20(17-4-5-17)25-22-21(19)16(2)26-27(22)3/h14-15,17-18H,4-13H2,1-3H3. The van der Waals surface area contributed by atoms with Crippen molar-refractivity contribution in [3.05, 3.63) is 23.0 Å². The number of piperidine rings is 2. The average molecular weight is 424 g/mol. The van der Waals surface area contributed by atoms with E-state index in [2.05, 4.69) is 16.9 Å². The Hall–Kier alpha value is -2.44. The molecule has 2 amide bonds. The van der Waals surface area contributed by atoms with E-state index in [9.17, 15) is 9.59 Å². The molecule has 2 saturated heterocycles. The molecule has 2 aliphatic heterocycles. The smallest absolute Gasteiger partial charge is 0.254 e. The van der Waals surface area contributed by atoms with Gasteiger partial charge >= 0.3 is 0 Å². The molecule has 7 nitrogen and oxygen atoms in total. The van der Waals surface area contributed by atoms with Crippen LogP contribution >= 0.6 is 0 Å². The number of rotatable bonds is 3. The second kappa shape index (κ2) is 7.92. The van der Waals surface area contributed by atoms with Gasteiger partial charge in [-0.1, -0.05) is 6.92 Å². The zero-order valence-electron chi connectivity index (χ0n) is 18.9. The molecule has 3 fully saturated rings. The molecule has 0 aromatic carbocycles. The van der Waals surface area contributed by atoms with Gasteiger partial charge in [0.2, 0.25) is 5.91 Å². The van der Waals surface area contributed by atoms with Crippen LogP contribution in [0.3, 0.4) is 0 Å². The van der Waals surface area contributed by atoms with Crippen molar-refractivity contribution in [1.29, 1.82) is 0 Å². The van der Waals surface area contributed by atoms with E-state index in [4.69, 9.17) is 4.98 Å². The van der Waals surface area contributed by atoms with Crippen molar-refractivity contribution in [2.24, 2.45) is 18.9 Å². The highest BCUT2D eigenvalue weighted by molar-refractivity contribution is 6.06. The summed E-state index contributed by atoms with van der Waals surface area (Å²) in [6, 6.07) is 2.00. The largest absolute Gasteiger partial charge is 0.342 e. The highest BCUT2D eigenvalue weighted by Crippen LogP contribution is 2.40. The fraction of sp³-hybridized carbons (Fsp3) is 0.667. The van der Waals surface area contributed by atoms with Gasteiger partial charge < -0.3 is 9.80 Å². The average Bonchev–Trinajstić information content (AvgIpc) is 3.59. The number of hydrogen-bond acceptors (Lipinski definition) is 4. The van der Waals surface area contributed by atoms with Crippen LogP contribution in [0.5, 0.6) is 0 Å². The zero-order chi connectivity index (χ0) is 21.7. The summed E-state index contributed by atoms with van der Waals surface area (Å²) in [7, 11) is 1.89. The summed E-state index contributed by atoms with van der Waals surface area (Å²) >= 11 is 0. The first kappa shape index (κ1) is 20.5. The molecule has 4 heterocycles. The highest BCUT2D eigenvalue weighted by Gasteiger charge is 2.34. The van der Waals surface area contributed by atoms with Gasteiger partial charge in [-0.3, -0.25) is 14.3 Å². The van der Waals surface area contributed by atoms with Crippen molar-refractivity contribution >= 4 is 22.8 Å². The topological polar surface area (TPSA) is 71.3 Å². The lowest BCUT2D eigenvalue weighted by molar-refractivity contribution is -0.138. The Morgan fingerprint density at radius 1 is 0.968 bits per heavy atom. The van der Waals surface area contributed by atoms with Crippen molar-refractivity contribution in [2.45, 2.75) is 58.3 Å². The van der Waals surface area contributed by atoms with E-state index < -0.39 is 0 Å². The third-order valence-corrected chi connectivity index (χ3v) is 7.44. The summed E-state index contributed by atoms with van der Waals surface area (Å²) in [6.45, 7) is 7.27. The third kappa shape index (κ3) is 3.83. The Morgan fingerprint density at radius 3 is 2.26 bits per heavy atom. The first-order chi connectivity index (χ1) is 14.9. The molecule has 166 valence electrons. The number of nitrogens with zero attached hydrogens (tertiary/aromatic N) is 5. The molecule has 0 spiro atoms. The number of hydrogen-bond donors (Lipinski definition) is 0. The molecular formula is C24H33N5O2. The zero-order valence-corrected chi connectivity index (χ0v) is 18.9. The minimum atomic E-state index is 0.0528. The molecule has 1 aliphatic carbocycles. The predicted octanol–water partition coefficient (Wildman–Crippen LogP) is 3.26. The summed E-state index contributed by atoms with van der Waals surface area (Å²) in [5.74, 6) is 1.60. The van der Waals surface area contributed by atoms with Crippen LogP contribution in [-0.2, 0) is 11.8 Å². The molecule has 0 radical (unpaired) electrons. The van der Waals surface area contributed by atoms with E-state index in [1.165, 1.54) is 0 Å². The van der Waals surface area contributed by atoms with Gasteiger partial charge in [-0.05, 0) is 57.4 Å². The lowest BCUT2D eigenvalue weighted by Crippen LogP contribution is -2.46. The van der Waals surface area contributed by atoms with E-state index in [-0.39, 0.29) is 11.8 Å². The van der Waals surface area contributed by atoms with Crippen LogP contribution in [0, 0.1) is 18.8 Å². The number of aryl methyl sites for hydroxylation is 2. The molecule has 31 heavy (non-hydrogen) atoms. The van der Waals surface area contributed by atoms with Crippen LogP contribution in [-0.4, -0.2) is 62.6 Å². The number of carbonyl (C=O) groups is 2. The van der Waals surface area contributed by atoms with Crippen LogP contribution in [0.1, 0.15) is 73.1 Å². The van der Waals surface area contributed by atoms with Crippen molar-refractivity contribution in [2.75, 3.05) is 26.2 Å². The Morgan fingerprint density at radius 2 is 1.61 bits per heavy atom. The second-order valence-electron chi connectivity index (χ2n) is 9.85. The molecule has 0 bridgehead atoms. The summed E-state index contributed by atoms with van der Waals surface area (Å²) in [4.78, 5) is 35.3. The molecule has 5 rings (SSSR count). The van der Waals surface area contributed by atoms with Crippen molar-refractivity contribution in [3.63, 3.8) is 0 Å². The predicted molar refractivity (Wildman–Crippen MR) is 119 cm³/mol. The van der Waals surface area contributed by atoms with Gasteiger partial charge in [-0.25, -0.2) is 4.98 Å². The van der Waals surface area contributed by atoms with Crippen LogP contribution in [0.2, 0.25) is 0 Å². The minimum Gasteiger partial charge on any atom is -0.342 e. The number of pyridine rings is 1. The number of fused-ring (bicyclic) bond motifs is 1. The highest BCUT2D eigenvalue weighted by atomic mass is 16.2. The maximum Gasteiger partial charge on any atom is 0.254 e. The number of amides is 2. The number of carbonyl (C=O) groups excluding carboxylic acids is 2. The molecule has 1 saturated carbocycles. The van der Waals surface area contributed by atoms with E-state index in [0.29, 0.717) is 24.9 Å². The Balaban J connectivity index is 1.32. The molecule has 0 unspecified atom stereocenters. The van der Waals surface area contributed by atoms with Crippen LogP contribution in [0.15, 0.2) is 6.07 Å². The maximum absolute atomic E-state index is 13.6. The van der Waals surface area contributed by atoms with Crippen molar-refractivity contribution in [3.8, 4) is 0 Å². The third-order valence-electron chi connectivity index (χ3n) is 7.44. The normalized spacial score (nSPS) is 21.1. The molecule has 2 aromatic rings. The van der Waals surface area contributed by atoms with E-state index in [1.807, 2.05) is 24.9 Å². The van der Waals surface area contributed by atoms with E-state index in [1.54, 1.807) is 4.68 Å². The van der Waals surface area contributed by atoms with Gasteiger partial charge in [0.25, 0.3) is 5.91 Å². The summed E-state index contributed by atoms with van der Waals surface area (Å²) in [5.41, 5.74) is 3.39. The fourth-order valence-corrected chi connectivity index (χ4v) is 5.21. The van der Waals surface area contributed by atoms with Gasteiger partial charge in [0, 0.05) is 50.8 Å². The molecule has 0 atom stereocenters. The van der Waals surface area contributed by atoms with Crippen LogP contribution in [0.25, 0.3) is 11.0 Å². The number of aromatic nitrogens is 3. The van der Waals surface area contributed by atoms with Gasteiger partial charge in [-0.15, -0.1) is 0 Å².